The number of nitrogens with zero attached hydrogens (tertiary/aromatic N) is 3. The van der Waals surface area contributed by atoms with Crippen LogP contribution >= 0.6 is 11.6 Å². The Bertz CT molecular complexity index is 1540. The van der Waals surface area contributed by atoms with E-state index in [0.717, 1.165) is 48.2 Å². The summed E-state index contributed by atoms with van der Waals surface area (Å²) >= 11 is 6.56. The number of anilines is 1. The quantitative estimate of drug-likeness (QED) is 0.254. The van der Waals surface area contributed by atoms with Gasteiger partial charge in [-0.1, -0.05) is 85.8 Å². The molecule has 1 aliphatic heterocycles. The van der Waals surface area contributed by atoms with Gasteiger partial charge in [-0.15, -0.1) is 0 Å². The first-order chi connectivity index (χ1) is 19.2. The summed E-state index contributed by atoms with van der Waals surface area (Å²) in [5.41, 5.74) is 6.24. The van der Waals surface area contributed by atoms with Crippen LogP contribution in [0.1, 0.15) is 74.1 Å². The minimum atomic E-state index is -0.505. The van der Waals surface area contributed by atoms with Crippen molar-refractivity contribution >= 4 is 39.8 Å². The van der Waals surface area contributed by atoms with Gasteiger partial charge in [-0.2, -0.15) is 0 Å². The van der Waals surface area contributed by atoms with Gasteiger partial charge in [0, 0.05) is 51.8 Å². The molecule has 7 rings (SSSR count). The van der Waals surface area contributed by atoms with Crippen LogP contribution in [0.5, 0.6) is 0 Å². The van der Waals surface area contributed by atoms with E-state index >= 15 is 0 Å². The predicted molar refractivity (Wildman–Crippen MR) is 160 cm³/mol. The molecule has 2 heterocycles. The number of carbonyl (C=O) groups is 1. The molecule has 1 unspecified atom stereocenters. The van der Waals surface area contributed by atoms with Crippen molar-refractivity contribution in [1.29, 1.82) is 0 Å². The SMILES string of the molecule is O=C1C(Cc2cn(C3CCCC3)c3ccccc23)N=C(c2ccccc2)c2cc(Cl)ccc2N1C1CCCC1. The van der Waals surface area contributed by atoms with Gasteiger partial charge in [0.25, 0.3) is 5.91 Å². The molecule has 1 amide bonds. The third-order valence-corrected chi connectivity index (χ3v) is 9.21. The van der Waals surface area contributed by atoms with E-state index in [9.17, 15) is 4.79 Å². The number of carbonyl (C=O) groups excluding carboxylic acids is 1. The predicted octanol–water partition coefficient (Wildman–Crippen LogP) is 8.15. The molecule has 2 saturated carbocycles. The lowest BCUT2D eigenvalue weighted by Crippen LogP contribution is -2.44. The molecule has 5 heteroatoms. The Morgan fingerprint density at radius 2 is 1.51 bits per heavy atom. The Balaban J connectivity index is 1.38. The lowest BCUT2D eigenvalue weighted by molar-refractivity contribution is -0.120. The summed E-state index contributed by atoms with van der Waals surface area (Å²) in [5.74, 6) is 0.106. The number of fused-ring (bicyclic) bond motifs is 2. The van der Waals surface area contributed by atoms with Gasteiger partial charge in [0.05, 0.1) is 11.4 Å². The normalized spacial score (nSPS) is 20.4. The number of halogens is 1. The van der Waals surface area contributed by atoms with Gasteiger partial charge in [-0.05, 0) is 55.5 Å². The average Bonchev–Trinajstić information content (AvgIpc) is 3.73. The summed E-state index contributed by atoms with van der Waals surface area (Å²) in [6.07, 6.45) is 12.3. The van der Waals surface area contributed by atoms with E-state index in [1.54, 1.807) is 0 Å². The summed E-state index contributed by atoms with van der Waals surface area (Å²) in [4.78, 5) is 21.9. The number of hydrogen-bond donors (Lipinski definition) is 0. The van der Waals surface area contributed by atoms with Crippen LogP contribution in [0.3, 0.4) is 0 Å². The minimum absolute atomic E-state index is 0.106. The largest absolute Gasteiger partial charge is 0.344 e. The molecule has 0 saturated heterocycles. The molecule has 1 atom stereocenters. The third-order valence-electron chi connectivity index (χ3n) is 8.97. The number of benzene rings is 3. The van der Waals surface area contributed by atoms with Gasteiger partial charge in [-0.3, -0.25) is 9.79 Å². The molecule has 0 spiro atoms. The van der Waals surface area contributed by atoms with Gasteiger partial charge in [-0.25, -0.2) is 0 Å². The zero-order valence-corrected chi connectivity index (χ0v) is 23.0. The van der Waals surface area contributed by atoms with Gasteiger partial charge in [0.15, 0.2) is 0 Å². The lowest BCUT2D eigenvalue weighted by atomic mass is 9.99. The Morgan fingerprint density at radius 3 is 2.28 bits per heavy atom. The Hall–Kier alpha value is -3.37. The Labute approximate surface area is 235 Å². The van der Waals surface area contributed by atoms with E-state index in [4.69, 9.17) is 16.6 Å². The second-order valence-corrected chi connectivity index (χ2v) is 11.8. The van der Waals surface area contributed by atoms with Gasteiger partial charge in [0.2, 0.25) is 0 Å². The van der Waals surface area contributed by atoms with Crippen molar-refractivity contribution in [2.24, 2.45) is 4.99 Å². The molecule has 3 aromatic carbocycles. The molecule has 198 valence electrons. The van der Waals surface area contributed by atoms with Crippen LogP contribution in [0.4, 0.5) is 5.69 Å². The number of aliphatic imine (C=N–C) groups is 1. The Morgan fingerprint density at radius 1 is 0.821 bits per heavy atom. The van der Waals surface area contributed by atoms with Crippen LogP contribution in [0.25, 0.3) is 10.9 Å². The standard InChI is InChI=1S/C34H34ClN3O/c35-25-18-19-32-29(21-25)33(23-10-2-1-3-11-23)36-30(34(39)38(32)27-14-6-7-15-27)20-24-22-37(26-12-4-5-13-26)31-17-9-8-16-28(24)31/h1-3,8-11,16-19,21-22,26-27,30H,4-7,12-15,20H2. The summed E-state index contributed by atoms with van der Waals surface area (Å²) in [7, 11) is 0. The zero-order valence-electron chi connectivity index (χ0n) is 22.2. The van der Waals surface area contributed by atoms with Gasteiger partial charge in [0.1, 0.15) is 6.04 Å². The van der Waals surface area contributed by atoms with E-state index in [1.807, 2.05) is 36.4 Å². The average molecular weight is 536 g/mol. The third kappa shape index (κ3) is 4.49. The van der Waals surface area contributed by atoms with Crippen LogP contribution < -0.4 is 4.90 Å². The van der Waals surface area contributed by atoms with Crippen molar-refractivity contribution in [3.63, 3.8) is 0 Å². The fraction of sp³-hybridized carbons (Fsp3) is 0.353. The maximum atomic E-state index is 14.5. The number of aromatic nitrogens is 1. The first-order valence-corrected chi connectivity index (χ1v) is 14.9. The van der Waals surface area contributed by atoms with E-state index in [0.29, 0.717) is 17.5 Å². The van der Waals surface area contributed by atoms with Crippen molar-refractivity contribution in [1.82, 2.24) is 4.57 Å². The molecule has 3 aliphatic rings. The van der Waals surface area contributed by atoms with Gasteiger partial charge >= 0.3 is 0 Å². The lowest BCUT2D eigenvalue weighted by Gasteiger charge is -2.31. The fourth-order valence-electron chi connectivity index (χ4n) is 7.10. The molecule has 39 heavy (non-hydrogen) atoms. The zero-order chi connectivity index (χ0) is 26.3. The first kappa shape index (κ1) is 24.7. The van der Waals surface area contributed by atoms with Crippen molar-refractivity contribution in [2.75, 3.05) is 4.90 Å². The Kier molecular flexibility index (Phi) is 6.52. The van der Waals surface area contributed by atoms with E-state index in [1.165, 1.54) is 42.1 Å². The number of benzodiazepines with no additional fused rings is 1. The molecule has 2 fully saturated rings. The van der Waals surface area contributed by atoms with Crippen molar-refractivity contribution in [3.05, 3.63) is 101 Å². The number of rotatable bonds is 5. The van der Waals surface area contributed by atoms with Crippen molar-refractivity contribution in [3.8, 4) is 0 Å². The van der Waals surface area contributed by atoms with E-state index in [-0.39, 0.29) is 11.9 Å². The minimum Gasteiger partial charge on any atom is -0.344 e. The molecule has 0 N–H and O–H groups in total. The number of amides is 1. The summed E-state index contributed by atoms with van der Waals surface area (Å²) < 4.78 is 2.48. The highest BCUT2D eigenvalue weighted by Gasteiger charge is 2.37. The monoisotopic (exact) mass is 535 g/mol. The summed E-state index contributed by atoms with van der Waals surface area (Å²) in [6.45, 7) is 0. The summed E-state index contributed by atoms with van der Waals surface area (Å²) in [6, 6.07) is 25.1. The molecule has 0 bridgehead atoms. The van der Waals surface area contributed by atoms with E-state index < -0.39 is 6.04 Å². The molecule has 4 nitrogen and oxygen atoms in total. The number of hydrogen-bond acceptors (Lipinski definition) is 2. The highest BCUT2D eigenvalue weighted by atomic mass is 35.5. The highest BCUT2D eigenvalue weighted by Crippen LogP contribution is 2.38. The molecular formula is C34H34ClN3O. The molecular weight excluding hydrogens is 502 g/mol. The van der Waals surface area contributed by atoms with Gasteiger partial charge < -0.3 is 9.47 Å². The molecule has 2 aliphatic carbocycles. The van der Waals surface area contributed by atoms with Crippen LogP contribution in [-0.2, 0) is 11.2 Å². The molecule has 4 aromatic rings. The molecule has 1 aromatic heterocycles. The second-order valence-electron chi connectivity index (χ2n) is 11.4. The van der Waals surface area contributed by atoms with Crippen LogP contribution in [0, 0.1) is 0 Å². The van der Waals surface area contributed by atoms with Crippen molar-refractivity contribution in [2.45, 2.75) is 75.9 Å². The van der Waals surface area contributed by atoms with E-state index in [2.05, 4.69) is 52.1 Å². The van der Waals surface area contributed by atoms with Crippen LogP contribution in [-0.4, -0.2) is 28.3 Å². The molecule has 0 radical (unpaired) electrons. The highest BCUT2D eigenvalue weighted by molar-refractivity contribution is 6.32. The topological polar surface area (TPSA) is 37.6 Å². The maximum absolute atomic E-state index is 14.5. The maximum Gasteiger partial charge on any atom is 0.252 e. The first-order valence-electron chi connectivity index (χ1n) is 14.5. The van der Waals surface area contributed by atoms with Crippen LogP contribution in [0.15, 0.2) is 84.0 Å². The van der Waals surface area contributed by atoms with Crippen LogP contribution in [0.2, 0.25) is 5.02 Å². The smallest absolute Gasteiger partial charge is 0.252 e. The number of para-hydroxylation sites is 1. The second kappa shape index (κ2) is 10.3. The summed E-state index contributed by atoms with van der Waals surface area (Å²) in [5, 5.41) is 1.90. The fourth-order valence-corrected chi connectivity index (χ4v) is 7.27. The van der Waals surface area contributed by atoms with Crippen molar-refractivity contribution < 1.29 is 4.79 Å².